The number of aryl methyl sites for hydroxylation is 2. The zero-order chi connectivity index (χ0) is 13.8. The van der Waals surface area contributed by atoms with Gasteiger partial charge in [0.15, 0.2) is 0 Å². The molecule has 1 atom stereocenters. The predicted octanol–water partition coefficient (Wildman–Crippen LogP) is 2.18. The number of carbonyl (C=O) groups excluding carboxylic acids is 1. The normalized spacial score (nSPS) is 22.1. The van der Waals surface area contributed by atoms with Crippen molar-refractivity contribution >= 4 is 5.91 Å². The van der Waals surface area contributed by atoms with E-state index in [0.29, 0.717) is 6.54 Å². The molecule has 0 spiro atoms. The molecule has 0 unspecified atom stereocenters. The Bertz CT molecular complexity index is 478. The Labute approximate surface area is 121 Å². The van der Waals surface area contributed by atoms with Crippen molar-refractivity contribution in [3.8, 4) is 0 Å². The summed E-state index contributed by atoms with van der Waals surface area (Å²) in [6.07, 6.45) is 7.16. The van der Waals surface area contributed by atoms with E-state index < -0.39 is 0 Å². The maximum atomic E-state index is 12.1. The van der Waals surface area contributed by atoms with Crippen LogP contribution < -0.4 is 10.6 Å². The maximum absolute atomic E-state index is 12.1. The fraction of sp³-hybridized carbons (Fsp3) is 0.588. The van der Waals surface area contributed by atoms with Gasteiger partial charge in [0.25, 0.3) is 0 Å². The van der Waals surface area contributed by atoms with E-state index in [-0.39, 0.29) is 11.8 Å². The van der Waals surface area contributed by atoms with Crippen LogP contribution in [0.1, 0.15) is 42.4 Å². The molecule has 108 valence electrons. The monoisotopic (exact) mass is 272 g/mol. The van der Waals surface area contributed by atoms with Crippen LogP contribution in [0.25, 0.3) is 0 Å². The fourth-order valence-electron chi connectivity index (χ4n) is 3.31. The molecule has 2 aliphatic rings. The highest BCUT2D eigenvalue weighted by atomic mass is 16.1. The Morgan fingerprint density at radius 3 is 2.85 bits per heavy atom. The van der Waals surface area contributed by atoms with E-state index in [1.807, 2.05) is 0 Å². The molecule has 3 heteroatoms. The van der Waals surface area contributed by atoms with Crippen LogP contribution in [0.2, 0.25) is 0 Å². The number of nitrogens with one attached hydrogen (secondary N) is 2. The van der Waals surface area contributed by atoms with Crippen LogP contribution in [0, 0.1) is 5.92 Å². The minimum absolute atomic E-state index is 0.154. The second kappa shape index (κ2) is 6.40. The number of hydrogen-bond donors (Lipinski definition) is 2. The van der Waals surface area contributed by atoms with E-state index in [1.165, 1.54) is 42.4 Å². The van der Waals surface area contributed by atoms with Crippen LogP contribution in [0.5, 0.6) is 0 Å². The van der Waals surface area contributed by atoms with Gasteiger partial charge in [-0.15, -0.1) is 0 Å². The third-order valence-corrected chi connectivity index (χ3v) is 4.55. The summed E-state index contributed by atoms with van der Waals surface area (Å²) in [5.74, 6) is 0.358. The molecule has 0 radical (unpaired) electrons. The highest BCUT2D eigenvalue weighted by Crippen LogP contribution is 2.22. The van der Waals surface area contributed by atoms with Gasteiger partial charge in [-0.1, -0.05) is 18.2 Å². The van der Waals surface area contributed by atoms with Gasteiger partial charge in [-0.2, -0.15) is 0 Å². The van der Waals surface area contributed by atoms with E-state index in [2.05, 4.69) is 28.8 Å². The molecule has 0 bridgehead atoms. The first kappa shape index (κ1) is 13.6. The van der Waals surface area contributed by atoms with E-state index in [1.54, 1.807) is 0 Å². The molecule has 1 saturated heterocycles. The molecule has 1 aromatic rings. The van der Waals surface area contributed by atoms with Crippen molar-refractivity contribution in [2.75, 3.05) is 13.1 Å². The van der Waals surface area contributed by atoms with E-state index in [4.69, 9.17) is 0 Å². The number of rotatable bonds is 3. The molecule has 3 rings (SSSR count). The minimum Gasteiger partial charge on any atom is -0.352 e. The van der Waals surface area contributed by atoms with Crippen LogP contribution in [0.15, 0.2) is 18.2 Å². The summed E-state index contributed by atoms with van der Waals surface area (Å²) in [7, 11) is 0. The maximum Gasteiger partial charge on any atom is 0.224 e. The summed E-state index contributed by atoms with van der Waals surface area (Å²) in [5.41, 5.74) is 4.23. The summed E-state index contributed by atoms with van der Waals surface area (Å²) in [5, 5.41) is 6.39. The molecule has 1 fully saturated rings. The van der Waals surface area contributed by atoms with E-state index in [9.17, 15) is 4.79 Å². The van der Waals surface area contributed by atoms with Crippen molar-refractivity contribution < 1.29 is 4.79 Å². The molecule has 0 saturated carbocycles. The third-order valence-electron chi connectivity index (χ3n) is 4.55. The zero-order valence-corrected chi connectivity index (χ0v) is 12.1. The number of benzene rings is 1. The number of piperidine rings is 1. The predicted molar refractivity (Wildman–Crippen MR) is 80.5 cm³/mol. The molecule has 20 heavy (non-hydrogen) atoms. The Kier molecular flexibility index (Phi) is 4.36. The number of amides is 1. The van der Waals surface area contributed by atoms with Crippen LogP contribution >= 0.6 is 0 Å². The first-order valence-electron chi connectivity index (χ1n) is 7.92. The van der Waals surface area contributed by atoms with Gasteiger partial charge in [0, 0.05) is 13.1 Å². The van der Waals surface area contributed by atoms with Gasteiger partial charge in [0.2, 0.25) is 5.91 Å². The Balaban J connectivity index is 1.56. The molecule has 1 aliphatic heterocycles. The van der Waals surface area contributed by atoms with Gasteiger partial charge in [0.1, 0.15) is 0 Å². The average molecular weight is 272 g/mol. The quantitative estimate of drug-likeness (QED) is 0.885. The van der Waals surface area contributed by atoms with E-state index in [0.717, 1.165) is 25.9 Å². The minimum atomic E-state index is 0.154. The van der Waals surface area contributed by atoms with Gasteiger partial charge < -0.3 is 10.6 Å². The summed E-state index contributed by atoms with van der Waals surface area (Å²) in [6.45, 7) is 2.55. The number of hydrogen-bond acceptors (Lipinski definition) is 2. The summed E-state index contributed by atoms with van der Waals surface area (Å²) >= 11 is 0. The molecule has 1 amide bonds. The summed E-state index contributed by atoms with van der Waals surface area (Å²) in [4.78, 5) is 12.1. The number of carbonyl (C=O) groups is 1. The van der Waals surface area contributed by atoms with Crippen molar-refractivity contribution in [3.63, 3.8) is 0 Å². The summed E-state index contributed by atoms with van der Waals surface area (Å²) in [6, 6.07) is 6.70. The molecule has 1 aliphatic carbocycles. The first-order valence-corrected chi connectivity index (χ1v) is 7.92. The van der Waals surface area contributed by atoms with Crippen molar-refractivity contribution in [1.29, 1.82) is 0 Å². The lowest BCUT2D eigenvalue weighted by Gasteiger charge is -2.22. The number of fused-ring (bicyclic) bond motifs is 1. The zero-order valence-electron chi connectivity index (χ0n) is 12.1. The van der Waals surface area contributed by atoms with Gasteiger partial charge in [0.05, 0.1) is 5.92 Å². The molecule has 2 N–H and O–H groups in total. The summed E-state index contributed by atoms with van der Waals surface area (Å²) < 4.78 is 0. The Morgan fingerprint density at radius 1 is 1.20 bits per heavy atom. The Morgan fingerprint density at radius 2 is 2.05 bits per heavy atom. The SMILES string of the molecule is O=C(NCc1ccc2c(c1)CCCC2)[C@@H]1CCCNC1. The molecule has 0 aromatic heterocycles. The third kappa shape index (κ3) is 3.21. The highest BCUT2D eigenvalue weighted by molar-refractivity contribution is 5.78. The van der Waals surface area contributed by atoms with E-state index >= 15 is 0 Å². The molecular weight excluding hydrogens is 248 g/mol. The second-order valence-electron chi connectivity index (χ2n) is 6.07. The first-order chi connectivity index (χ1) is 9.83. The lowest BCUT2D eigenvalue weighted by Crippen LogP contribution is -2.40. The van der Waals surface area contributed by atoms with Crippen molar-refractivity contribution in [1.82, 2.24) is 10.6 Å². The fourth-order valence-corrected chi connectivity index (χ4v) is 3.31. The van der Waals surface area contributed by atoms with Crippen molar-refractivity contribution in [3.05, 3.63) is 34.9 Å². The molecular formula is C17H24N2O. The molecule has 1 aromatic carbocycles. The largest absolute Gasteiger partial charge is 0.352 e. The lowest BCUT2D eigenvalue weighted by atomic mass is 9.90. The van der Waals surface area contributed by atoms with Crippen molar-refractivity contribution in [2.24, 2.45) is 5.92 Å². The van der Waals surface area contributed by atoms with Crippen LogP contribution in [-0.4, -0.2) is 19.0 Å². The van der Waals surface area contributed by atoms with Crippen LogP contribution in [0.3, 0.4) is 0 Å². The standard InChI is InChI=1S/C17H24N2O/c20-17(16-6-3-9-18-12-16)19-11-13-7-8-14-4-1-2-5-15(14)10-13/h7-8,10,16,18H,1-6,9,11-12H2,(H,19,20)/t16-/m1/s1. The van der Waals surface area contributed by atoms with Crippen LogP contribution in [0.4, 0.5) is 0 Å². The topological polar surface area (TPSA) is 41.1 Å². The smallest absolute Gasteiger partial charge is 0.224 e. The van der Waals surface area contributed by atoms with Crippen molar-refractivity contribution in [2.45, 2.75) is 45.1 Å². The van der Waals surface area contributed by atoms with Gasteiger partial charge in [-0.3, -0.25) is 4.79 Å². The highest BCUT2D eigenvalue weighted by Gasteiger charge is 2.20. The van der Waals surface area contributed by atoms with Gasteiger partial charge >= 0.3 is 0 Å². The Hall–Kier alpha value is -1.35. The lowest BCUT2D eigenvalue weighted by molar-refractivity contribution is -0.125. The van der Waals surface area contributed by atoms with Gasteiger partial charge in [-0.05, 0) is 61.8 Å². The van der Waals surface area contributed by atoms with Gasteiger partial charge in [-0.25, -0.2) is 0 Å². The van der Waals surface area contributed by atoms with Crippen LogP contribution in [-0.2, 0) is 24.2 Å². The second-order valence-corrected chi connectivity index (χ2v) is 6.07. The average Bonchev–Trinajstić information content (AvgIpc) is 2.53. The molecule has 1 heterocycles. The molecule has 3 nitrogen and oxygen atoms in total.